The molecule has 0 aromatic heterocycles. The fourth-order valence-electron chi connectivity index (χ4n) is 1.72. The highest BCUT2D eigenvalue weighted by Crippen LogP contribution is 2.27. The van der Waals surface area contributed by atoms with Crippen LogP contribution in [0.2, 0.25) is 0 Å². The molecule has 2 aromatic carbocycles. The predicted octanol–water partition coefficient (Wildman–Crippen LogP) is 3.58. The van der Waals surface area contributed by atoms with Crippen molar-refractivity contribution in [1.29, 1.82) is 0 Å². The summed E-state index contributed by atoms with van der Waals surface area (Å²) in [6.45, 7) is 0. The molecular formula is C16H16O3. The van der Waals surface area contributed by atoms with Crippen molar-refractivity contribution in [2.24, 2.45) is 0 Å². The first-order valence-corrected chi connectivity index (χ1v) is 5.92. The summed E-state index contributed by atoms with van der Waals surface area (Å²) in [5, 5.41) is 9.68. The van der Waals surface area contributed by atoms with Gasteiger partial charge in [0.15, 0.2) is 11.5 Å². The Balaban J connectivity index is 2.15. The maximum absolute atomic E-state index is 9.68. The minimum absolute atomic E-state index is 0.138. The fourth-order valence-corrected chi connectivity index (χ4v) is 1.72. The number of benzene rings is 2. The molecule has 0 unspecified atom stereocenters. The Kier molecular flexibility index (Phi) is 4.08. The van der Waals surface area contributed by atoms with Gasteiger partial charge in [-0.3, -0.25) is 0 Å². The van der Waals surface area contributed by atoms with Crippen LogP contribution in [0.5, 0.6) is 17.2 Å². The lowest BCUT2D eigenvalue weighted by atomic mass is 10.1. The molecule has 3 nitrogen and oxygen atoms in total. The molecule has 0 radical (unpaired) electrons. The van der Waals surface area contributed by atoms with Crippen molar-refractivity contribution in [3.8, 4) is 17.2 Å². The smallest absolute Gasteiger partial charge is 0.160 e. The summed E-state index contributed by atoms with van der Waals surface area (Å²) in [4.78, 5) is 0. The molecule has 19 heavy (non-hydrogen) atoms. The van der Waals surface area contributed by atoms with Crippen molar-refractivity contribution in [3.05, 3.63) is 53.6 Å². The van der Waals surface area contributed by atoms with Crippen molar-refractivity contribution in [2.45, 2.75) is 0 Å². The second-order valence-electron chi connectivity index (χ2n) is 4.04. The first-order valence-electron chi connectivity index (χ1n) is 5.92. The Hall–Kier alpha value is -2.42. The van der Waals surface area contributed by atoms with E-state index in [2.05, 4.69) is 0 Å². The summed E-state index contributed by atoms with van der Waals surface area (Å²) in [6, 6.07) is 13.0. The monoisotopic (exact) mass is 256 g/mol. The number of rotatable bonds is 4. The van der Waals surface area contributed by atoms with Crippen LogP contribution < -0.4 is 9.47 Å². The van der Waals surface area contributed by atoms with E-state index in [4.69, 9.17) is 9.47 Å². The van der Waals surface area contributed by atoms with E-state index in [-0.39, 0.29) is 5.75 Å². The molecule has 0 aliphatic rings. The van der Waals surface area contributed by atoms with Crippen molar-refractivity contribution in [3.63, 3.8) is 0 Å². The summed E-state index contributed by atoms with van der Waals surface area (Å²) in [5.41, 5.74) is 1.98. The standard InChI is InChI=1S/C16H16O3/c1-18-14-8-5-12(6-9-14)3-4-13-7-10-16(19-2)15(17)11-13/h3-11,17H,1-2H3/b4-3+. The van der Waals surface area contributed by atoms with Crippen LogP contribution in [-0.4, -0.2) is 19.3 Å². The Labute approximate surface area is 112 Å². The molecule has 0 spiro atoms. The van der Waals surface area contributed by atoms with Gasteiger partial charge in [0.25, 0.3) is 0 Å². The lowest BCUT2D eigenvalue weighted by Gasteiger charge is -2.03. The highest BCUT2D eigenvalue weighted by Gasteiger charge is 2.00. The van der Waals surface area contributed by atoms with E-state index < -0.39 is 0 Å². The predicted molar refractivity (Wildman–Crippen MR) is 76.6 cm³/mol. The molecule has 2 aromatic rings. The van der Waals surface area contributed by atoms with Crippen LogP contribution in [0, 0.1) is 0 Å². The van der Waals surface area contributed by atoms with Gasteiger partial charge in [0.1, 0.15) is 5.75 Å². The zero-order chi connectivity index (χ0) is 13.7. The Bertz CT molecular complexity index is 571. The molecule has 2 rings (SSSR count). The van der Waals surface area contributed by atoms with Crippen LogP contribution in [0.1, 0.15) is 11.1 Å². The largest absolute Gasteiger partial charge is 0.504 e. The van der Waals surface area contributed by atoms with Gasteiger partial charge in [-0.25, -0.2) is 0 Å². The number of hydrogen-bond acceptors (Lipinski definition) is 3. The summed E-state index contributed by atoms with van der Waals surface area (Å²) < 4.78 is 10.1. The highest BCUT2D eigenvalue weighted by atomic mass is 16.5. The topological polar surface area (TPSA) is 38.7 Å². The number of hydrogen-bond donors (Lipinski definition) is 1. The maximum atomic E-state index is 9.68. The molecule has 1 N–H and O–H groups in total. The van der Waals surface area contributed by atoms with E-state index in [9.17, 15) is 5.11 Å². The van der Waals surface area contributed by atoms with Crippen LogP contribution in [0.3, 0.4) is 0 Å². The van der Waals surface area contributed by atoms with Crippen molar-refractivity contribution in [1.82, 2.24) is 0 Å². The van der Waals surface area contributed by atoms with E-state index >= 15 is 0 Å². The second-order valence-corrected chi connectivity index (χ2v) is 4.04. The highest BCUT2D eigenvalue weighted by molar-refractivity contribution is 5.71. The van der Waals surface area contributed by atoms with E-state index in [1.54, 1.807) is 19.2 Å². The van der Waals surface area contributed by atoms with Crippen LogP contribution in [0.25, 0.3) is 12.2 Å². The fraction of sp³-hybridized carbons (Fsp3) is 0.125. The van der Waals surface area contributed by atoms with Crippen molar-refractivity contribution >= 4 is 12.2 Å². The van der Waals surface area contributed by atoms with E-state index in [1.165, 1.54) is 7.11 Å². The Morgan fingerprint density at radius 3 is 2.05 bits per heavy atom. The minimum atomic E-state index is 0.138. The maximum Gasteiger partial charge on any atom is 0.160 e. The van der Waals surface area contributed by atoms with Gasteiger partial charge < -0.3 is 14.6 Å². The van der Waals surface area contributed by atoms with Gasteiger partial charge in [-0.05, 0) is 35.4 Å². The van der Waals surface area contributed by atoms with Crippen LogP contribution in [-0.2, 0) is 0 Å². The average molecular weight is 256 g/mol. The lowest BCUT2D eigenvalue weighted by Crippen LogP contribution is -1.83. The van der Waals surface area contributed by atoms with Gasteiger partial charge in [-0.15, -0.1) is 0 Å². The van der Waals surface area contributed by atoms with Crippen LogP contribution in [0.4, 0.5) is 0 Å². The summed E-state index contributed by atoms with van der Waals surface area (Å²) >= 11 is 0. The molecule has 0 saturated heterocycles. The van der Waals surface area contributed by atoms with Crippen molar-refractivity contribution in [2.75, 3.05) is 14.2 Å². The first kappa shape index (κ1) is 13.0. The Morgan fingerprint density at radius 2 is 1.47 bits per heavy atom. The van der Waals surface area contributed by atoms with Gasteiger partial charge in [0.05, 0.1) is 14.2 Å². The molecule has 0 fully saturated rings. The molecule has 0 atom stereocenters. The molecule has 0 bridgehead atoms. The third-order valence-electron chi connectivity index (χ3n) is 2.79. The normalized spacial score (nSPS) is 10.6. The summed E-state index contributed by atoms with van der Waals surface area (Å²) in [7, 11) is 3.17. The minimum Gasteiger partial charge on any atom is -0.504 e. The molecule has 0 amide bonds. The third kappa shape index (κ3) is 3.28. The van der Waals surface area contributed by atoms with Gasteiger partial charge in [0.2, 0.25) is 0 Å². The molecule has 98 valence electrons. The summed E-state index contributed by atoms with van der Waals surface area (Å²) in [6.07, 6.45) is 3.90. The number of ether oxygens (including phenoxy) is 2. The molecule has 0 saturated carbocycles. The van der Waals surface area contributed by atoms with Gasteiger partial charge in [0, 0.05) is 0 Å². The zero-order valence-electron chi connectivity index (χ0n) is 11.0. The number of methoxy groups -OCH3 is 2. The zero-order valence-corrected chi connectivity index (χ0v) is 11.0. The van der Waals surface area contributed by atoms with Crippen LogP contribution >= 0.6 is 0 Å². The first-order chi connectivity index (χ1) is 9.22. The van der Waals surface area contributed by atoms with Gasteiger partial charge in [-0.2, -0.15) is 0 Å². The number of phenols is 1. The molecule has 0 aliphatic heterocycles. The molecule has 0 aliphatic carbocycles. The number of phenolic OH excluding ortho intramolecular Hbond substituents is 1. The molecule has 3 heteroatoms. The SMILES string of the molecule is COc1ccc(/C=C/c2ccc(OC)c(O)c2)cc1. The quantitative estimate of drug-likeness (QED) is 0.850. The lowest BCUT2D eigenvalue weighted by molar-refractivity contribution is 0.373. The van der Waals surface area contributed by atoms with E-state index in [0.29, 0.717) is 5.75 Å². The van der Waals surface area contributed by atoms with Gasteiger partial charge >= 0.3 is 0 Å². The average Bonchev–Trinajstić information content (AvgIpc) is 2.46. The van der Waals surface area contributed by atoms with E-state index in [0.717, 1.165) is 16.9 Å². The molecule has 0 heterocycles. The Morgan fingerprint density at radius 1 is 0.842 bits per heavy atom. The van der Waals surface area contributed by atoms with Crippen LogP contribution in [0.15, 0.2) is 42.5 Å². The third-order valence-corrected chi connectivity index (χ3v) is 2.79. The second kappa shape index (κ2) is 5.96. The van der Waals surface area contributed by atoms with E-state index in [1.807, 2.05) is 42.5 Å². The number of aromatic hydroxyl groups is 1. The van der Waals surface area contributed by atoms with Crippen molar-refractivity contribution < 1.29 is 14.6 Å². The summed E-state index contributed by atoms with van der Waals surface area (Å²) in [5.74, 6) is 1.44. The van der Waals surface area contributed by atoms with Gasteiger partial charge in [-0.1, -0.05) is 30.4 Å². The molecular weight excluding hydrogens is 240 g/mol.